The van der Waals surface area contributed by atoms with Crippen molar-refractivity contribution < 1.29 is 17.0 Å². The smallest absolute Gasteiger partial charge is 0.171 e. The molecule has 0 saturated heterocycles. The van der Waals surface area contributed by atoms with Gasteiger partial charge in [-0.05, 0) is 6.08 Å². The highest BCUT2D eigenvalue weighted by Gasteiger charge is 2.39. The predicted octanol–water partition coefficient (Wildman–Crippen LogP) is 1.73. The molecule has 0 aromatic heterocycles. The Bertz CT molecular complexity index is 536. The summed E-state index contributed by atoms with van der Waals surface area (Å²) in [6, 6.07) is 0. The molecule has 2 unspecified atom stereocenters. The van der Waals surface area contributed by atoms with E-state index < -0.39 is 10.1 Å². The van der Waals surface area contributed by atoms with Crippen LogP contribution in [0.2, 0.25) is 0 Å². The minimum atomic E-state index is -4.11. The molecule has 1 aliphatic carbocycles. The van der Waals surface area contributed by atoms with Crippen LogP contribution in [0.25, 0.3) is 0 Å². The van der Waals surface area contributed by atoms with Crippen LogP contribution in [0.4, 0.5) is 0 Å². The van der Waals surface area contributed by atoms with Crippen LogP contribution in [0.1, 0.15) is 13.3 Å². The van der Waals surface area contributed by atoms with Crippen LogP contribution < -0.4 is 0 Å². The summed E-state index contributed by atoms with van der Waals surface area (Å²) in [5.74, 6) is -0.0320. The monoisotopic (exact) mass is 307 g/mol. The van der Waals surface area contributed by atoms with Crippen LogP contribution in [0.3, 0.4) is 0 Å². The highest BCUT2D eigenvalue weighted by atomic mass is 35.5. The summed E-state index contributed by atoms with van der Waals surface area (Å²) >= 11 is 7.64. The summed E-state index contributed by atoms with van der Waals surface area (Å²) in [4.78, 5) is 0. The van der Waals surface area contributed by atoms with E-state index in [-0.39, 0.29) is 11.7 Å². The Morgan fingerprint density at radius 1 is 1.56 bits per heavy atom. The first kappa shape index (κ1) is 14.1. The molecule has 100 valence electrons. The molecule has 18 heavy (non-hydrogen) atoms. The molecule has 0 aromatic carbocycles. The molecule has 0 spiro atoms. The van der Waals surface area contributed by atoms with Crippen molar-refractivity contribution in [2.75, 3.05) is 12.3 Å². The molecule has 2 aliphatic rings. The van der Waals surface area contributed by atoms with Gasteiger partial charge >= 0.3 is 0 Å². The molecule has 0 saturated carbocycles. The van der Waals surface area contributed by atoms with Gasteiger partial charge in [0.2, 0.25) is 0 Å². The van der Waals surface area contributed by atoms with Gasteiger partial charge in [-0.15, -0.1) is 0 Å². The van der Waals surface area contributed by atoms with Crippen molar-refractivity contribution in [1.29, 1.82) is 0 Å². The van der Waals surface area contributed by atoms with Gasteiger partial charge in [-0.25, -0.2) is 8.42 Å². The Balaban J connectivity index is 2.00. The number of fused-ring (bicyclic) bond motifs is 1. The maximum atomic E-state index is 10.6. The summed E-state index contributed by atoms with van der Waals surface area (Å²) < 4.78 is 33.7. The lowest BCUT2D eigenvalue weighted by molar-refractivity contribution is -0.346. The Kier molecular flexibility index (Phi) is 4.21. The average Bonchev–Trinajstić information content (AvgIpc) is 2.55. The fraction of sp³-hybridized carbons (Fsp3) is 0.545. The van der Waals surface area contributed by atoms with Crippen molar-refractivity contribution in [3.8, 4) is 0 Å². The first-order valence-corrected chi connectivity index (χ1v) is 8.43. The summed E-state index contributed by atoms with van der Waals surface area (Å²) in [6.45, 7) is 2.59. The summed E-state index contributed by atoms with van der Waals surface area (Å²) in [5, 5.41) is 1.07. The van der Waals surface area contributed by atoms with E-state index in [0.29, 0.717) is 18.2 Å². The molecule has 1 aliphatic heterocycles. The third kappa shape index (κ3) is 3.38. The average molecular weight is 308 g/mol. The van der Waals surface area contributed by atoms with E-state index in [4.69, 9.17) is 11.6 Å². The molecule has 0 amide bonds. The van der Waals surface area contributed by atoms with E-state index in [9.17, 15) is 13.0 Å². The third-order valence-electron chi connectivity index (χ3n) is 3.02. The van der Waals surface area contributed by atoms with Crippen LogP contribution in [-0.4, -0.2) is 40.2 Å². The van der Waals surface area contributed by atoms with Crippen molar-refractivity contribution in [3.05, 3.63) is 23.3 Å². The zero-order chi connectivity index (χ0) is 13.3. The predicted molar refractivity (Wildman–Crippen MR) is 72.9 cm³/mol. The molecular formula is C11H14ClNO3S2. The second-order valence-corrected chi connectivity index (χ2v) is 7.52. The summed E-state index contributed by atoms with van der Waals surface area (Å²) in [6.07, 6.45) is 6.32. The maximum absolute atomic E-state index is 10.6. The van der Waals surface area contributed by atoms with Crippen LogP contribution in [-0.2, 0) is 10.1 Å². The second-order valence-electron chi connectivity index (χ2n) is 4.37. The first-order valence-electron chi connectivity index (χ1n) is 5.64. The minimum absolute atomic E-state index is 0.274. The van der Waals surface area contributed by atoms with E-state index in [1.165, 1.54) is 0 Å². The number of allylic oxidation sites excluding steroid dienone is 3. The van der Waals surface area contributed by atoms with Gasteiger partial charge in [0.05, 0.1) is 16.0 Å². The van der Waals surface area contributed by atoms with E-state index in [0.717, 1.165) is 10.7 Å². The van der Waals surface area contributed by atoms with Gasteiger partial charge in [0.25, 0.3) is 0 Å². The first-order chi connectivity index (χ1) is 8.37. The van der Waals surface area contributed by atoms with Crippen LogP contribution in [0, 0.1) is 5.92 Å². The third-order valence-corrected chi connectivity index (χ3v) is 5.48. The molecule has 0 aromatic rings. The van der Waals surface area contributed by atoms with E-state index in [1.807, 2.05) is 19.1 Å². The van der Waals surface area contributed by atoms with E-state index >= 15 is 0 Å². The van der Waals surface area contributed by atoms with Gasteiger partial charge in [0.15, 0.2) is 24.2 Å². The van der Waals surface area contributed by atoms with Crippen molar-refractivity contribution in [2.45, 2.75) is 18.6 Å². The molecular weight excluding hydrogens is 294 g/mol. The van der Waals surface area contributed by atoms with Crippen molar-refractivity contribution in [1.82, 2.24) is 0 Å². The molecule has 1 heterocycles. The van der Waals surface area contributed by atoms with E-state index in [1.54, 1.807) is 11.9 Å². The standard InChI is InChI=1S/C11H14ClNO3S2/c1-8-10-7-9(12)3-4-11(10)17-13(8)5-2-6-18(14,15)16/h3-4,7,10-11H,2,5-6H2,1H3. The van der Waals surface area contributed by atoms with Gasteiger partial charge in [-0.3, -0.25) is 0 Å². The lowest BCUT2D eigenvalue weighted by Crippen LogP contribution is -2.19. The number of hydrogen-bond donors (Lipinski definition) is 0. The van der Waals surface area contributed by atoms with E-state index in [2.05, 4.69) is 10.1 Å². The molecule has 0 fully saturated rings. The summed E-state index contributed by atoms with van der Waals surface area (Å²) in [7, 11) is -4.11. The van der Waals surface area contributed by atoms with Crippen LogP contribution in [0.15, 0.2) is 23.3 Å². The Labute approximate surface area is 116 Å². The number of hydrogen-bond acceptors (Lipinski definition) is 4. The van der Waals surface area contributed by atoms with Crippen molar-refractivity contribution >= 4 is 39.4 Å². The molecule has 4 nitrogen and oxygen atoms in total. The molecule has 2 rings (SSSR count). The molecule has 2 atom stereocenters. The lowest BCUT2D eigenvalue weighted by Gasteiger charge is -2.10. The van der Waals surface area contributed by atoms with Crippen molar-refractivity contribution in [3.63, 3.8) is 0 Å². The number of rotatable bonds is 4. The van der Waals surface area contributed by atoms with Gasteiger partial charge in [-0.2, -0.15) is 3.98 Å². The number of nitrogens with zero attached hydrogens (tertiary/aromatic N) is 1. The largest absolute Gasteiger partial charge is 0.748 e. The Morgan fingerprint density at radius 2 is 2.28 bits per heavy atom. The Hall–Kier alpha value is -0.300. The summed E-state index contributed by atoms with van der Waals surface area (Å²) in [5.41, 5.74) is 1.16. The highest BCUT2D eigenvalue weighted by molar-refractivity contribution is 7.94. The van der Waals surface area contributed by atoms with Crippen molar-refractivity contribution in [2.24, 2.45) is 5.92 Å². The second kappa shape index (κ2) is 5.36. The quantitative estimate of drug-likeness (QED) is 0.451. The van der Waals surface area contributed by atoms with Gasteiger partial charge in [-0.1, -0.05) is 23.8 Å². The normalized spacial score (nSPS) is 27.4. The fourth-order valence-electron chi connectivity index (χ4n) is 2.10. The van der Waals surface area contributed by atoms with Crippen LogP contribution >= 0.6 is 23.5 Å². The van der Waals surface area contributed by atoms with Gasteiger partial charge < -0.3 is 4.55 Å². The maximum Gasteiger partial charge on any atom is 0.171 e. The molecule has 0 radical (unpaired) electrons. The molecule has 7 heteroatoms. The topological polar surface area (TPSA) is 60.2 Å². The zero-order valence-corrected chi connectivity index (χ0v) is 12.3. The minimum Gasteiger partial charge on any atom is -0.748 e. The van der Waals surface area contributed by atoms with Gasteiger partial charge in [0, 0.05) is 24.1 Å². The molecule has 0 N–H and O–H groups in total. The highest BCUT2D eigenvalue weighted by Crippen LogP contribution is 2.36. The van der Waals surface area contributed by atoms with Gasteiger partial charge in [0.1, 0.15) is 5.25 Å². The SMILES string of the molecule is CC1=[N+](CCCS(=O)(=O)[O-])SC2C=CC(Cl)=CC12. The zero-order valence-electron chi connectivity index (χ0n) is 9.87. The van der Waals surface area contributed by atoms with Crippen LogP contribution in [0.5, 0.6) is 0 Å². The molecule has 0 bridgehead atoms. The lowest BCUT2D eigenvalue weighted by atomic mass is 9.96. The number of halogens is 1. The fourth-order valence-corrected chi connectivity index (χ4v) is 4.16. The Morgan fingerprint density at radius 3 is 2.94 bits per heavy atom.